The zero-order valence-electron chi connectivity index (χ0n) is 16.1. The van der Waals surface area contributed by atoms with Crippen molar-refractivity contribution in [1.29, 1.82) is 0 Å². The lowest BCUT2D eigenvalue weighted by atomic mass is 9.81. The van der Waals surface area contributed by atoms with Gasteiger partial charge in [-0.15, -0.1) is 0 Å². The average Bonchev–Trinajstić information content (AvgIpc) is 2.64. The van der Waals surface area contributed by atoms with Crippen molar-refractivity contribution in [3.63, 3.8) is 0 Å². The summed E-state index contributed by atoms with van der Waals surface area (Å²) in [6.45, 7) is 5.13. The predicted octanol–water partition coefficient (Wildman–Crippen LogP) is 5.21. The van der Waals surface area contributed by atoms with Crippen molar-refractivity contribution in [1.82, 2.24) is 4.90 Å². The smallest absolute Gasteiger partial charge is 0.000989 e. The first-order chi connectivity index (χ1) is 11.8. The molecule has 0 atom stereocenters. The molecule has 0 amide bonds. The fourth-order valence-corrected chi connectivity index (χ4v) is 5.71. The first-order valence-electron chi connectivity index (χ1n) is 11.3. The molecule has 3 saturated carbocycles. The van der Waals surface area contributed by atoms with E-state index in [2.05, 4.69) is 4.90 Å². The van der Waals surface area contributed by atoms with Crippen LogP contribution >= 0.6 is 0 Å². The second-order valence-corrected chi connectivity index (χ2v) is 9.35. The molecule has 0 aromatic rings. The molecule has 3 aliphatic rings. The summed E-state index contributed by atoms with van der Waals surface area (Å²) in [7, 11) is 0. The lowest BCUT2D eigenvalue weighted by Gasteiger charge is -2.37. The molecule has 0 radical (unpaired) electrons. The molecule has 3 aliphatic carbocycles. The minimum Gasteiger partial charge on any atom is -0.330 e. The van der Waals surface area contributed by atoms with Gasteiger partial charge in [-0.1, -0.05) is 38.5 Å². The zero-order valence-corrected chi connectivity index (χ0v) is 16.1. The molecular formula is C22H42N2. The molecule has 2 N–H and O–H groups in total. The average molecular weight is 335 g/mol. The summed E-state index contributed by atoms with van der Waals surface area (Å²) in [6.07, 6.45) is 20.6. The van der Waals surface area contributed by atoms with Crippen molar-refractivity contribution >= 4 is 0 Å². The van der Waals surface area contributed by atoms with Gasteiger partial charge < -0.3 is 10.6 Å². The van der Waals surface area contributed by atoms with Crippen molar-refractivity contribution < 1.29 is 0 Å². The highest BCUT2D eigenvalue weighted by molar-refractivity contribution is 4.80. The highest BCUT2D eigenvalue weighted by Crippen LogP contribution is 2.32. The van der Waals surface area contributed by atoms with Gasteiger partial charge in [0.1, 0.15) is 0 Å². The Morgan fingerprint density at radius 2 is 0.875 bits per heavy atom. The summed E-state index contributed by atoms with van der Waals surface area (Å²) in [5.74, 6) is 3.79. The lowest BCUT2D eigenvalue weighted by Crippen LogP contribution is -2.39. The molecule has 2 heteroatoms. The van der Waals surface area contributed by atoms with Crippen LogP contribution in [0.5, 0.6) is 0 Å². The fourth-order valence-electron chi connectivity index (χ4n) is 5.71. The quantitative estimate of drug-likeness (QED) is 0.692. The Morgan fingerprint density at radius 3 is 1.29 bits per heavy atom. The Hall–Kier alpha value is -0.0800. The van der Waals surface area contributed by atoms with Gasteiger partial charge in [-0.3, -0.25) is 0 Å². The minimum absolute atomic E-state index is 0.825. The molecule has 0 heterocycles. The van der Waals surface area contributed by atoms with Crippen LogP contribution in [0.2, 0.25) is 0 Å². The van der Waals surface area contributed by atoms with Gasteiger partial charge in [0.25, 0.3) is 0 Å². The van der Waals surface area contributed by atoms with Crippen LogP contribution < -0.4 is 5.73 Å². The van der Waals surface area contributed by atoms with Crippen LogP contribution in [0.4, 0.5) is 0 Å². The van der Waals surface area contributed by atoms with E-state index >= 15 is 0 Å². The SMILES string of the molecule is NCC1CCC(CN(CC2CCCCC2)CC2CCCCC2)CC1. The zero-order chi connectivity index (χ0) is 16.6. The molecule has 2 nitrogen and oxygen atoms in total. The molecule has 3 fully saturated rings. The van der Waals surface area contributed by atoms with E-state index in [1.807, 2.05) is 0 Å². The third kappa shape index (κ3) is 6.02. The third-order valence-corrected chi connectivity index (χ3v) is 7.30. The molecule has 0 aromatic carbocycles. The molecule has 24 heavy (non-hydrogen) atoms. The molecule has 0 aromatic heterocycles. The maximum absolute atomic E-state index is 5.89. The van der Waals surface area contributed by atoms with Crippen molar-refractivity contribution in [2.45, 2.75) is 89.9 Å². The largest absolute Gasteiger partial charge is 0.330 e. The maximum Gasteiger partial charge on any atom is 0.000989 e. The van der Waals surface area contributed by atoms with Crippen LogP contribution in [0.1, 0.15) is 89.9 Å². The number of hydrogen-bond donors (Lipinski definition) is 1. The van der Waals surface area contributed by atoms with Crippen LogP contribution in [0.15, 0.2) is 0 Å². The van der Waals surface area contributed by atoms with Gasteiger partial charge in [0.2, 0.25) is 0 Å². The van der Waals surface area contributed by atoms with Gasteiger partial charge in [0.05, 0.1) is 0 Å². The highest BCUT2D eigenvalue weighted by Gasteiger charge is 2.26. The van der Waals surface area contributed by atoms with E-state index in [1.54, 1.807) is 0 Å². The van der Waals surface area contributed by atoms with Crippen molar-refractivity contribution in [2.24, 2.45) is 29.4 Å². The van der Waals surface area contributed by atoms with E-state index < -0.39 is 0 Å². The molecule has 0 bridgehead atoms. The van der Waals surface area contributed by atoms with Crippen LogP contribution in [0, 0.1) is 23.7 Å². The first-order valence-corrected chi connectivity index (χ1v) is 11.3. The molecule has 0 unspecified atom stereocenters. The predicted molar refractivity (Wildman–Crippen MR) is 104 cm³/mol. The van der Waals surface area contributed by atoms with Crippen molar-refractivity contribution in [3.05, 3.63) is 0 Å². The molecular weight excluding hydrogens is 292 g/mol. The van der Waals surface area contributed by atoms with E-state index in [1.165, 1.54) is 110 Å². The van der Waals surface area contributed by atoms with Crippen molar-refractivity contribution in [2.75, 3.05) is 26.2 Å². The van der Waals surface area contributed by atoms with Gasteiger partial charge in [0.15, 0.2) is 0 Å². The molecule has 3 rings (SSSR count). The second kappa shape index (κ2) is 10.2. The van der Waals surface area contributed by atoms with E-state index in [0.717, 1.165) is 30.2 Å². The summed E-state index contributed by atoms with van der Waals surface area (Å²) in [4.78, 5) is 2.93. The number of nitrogens with two attached hydrogens (primary N) is 1. The molecule has 140 valence electrons. The standard InChI is InChI=1S/C22H42N2/c23-15-19-11-13-22(14-12-19)18-24(16-20-7-3-1-4-8-20)17-21-9-5-2-6-10-21/h19-22H,1-18,23H2. The fraction of sp³-hybridized carbons (Fsp3) is 1.00. The van der Waals surface area contributed by atoms with Crippen LogP contribution in [-0.4, -0.2) is 31.1 Å². The summed E-state index contributed by atoms with van der Waals surface area (Å²) in [5, 5.41) is 0. The van der Waals surface area contributed by atoms with E-state index in [-0.39, 0.29) is 0 Å². The Kier molecular flexibility index (Phi) is 7.92. The minimum atomic E-state index is 0.825. The lowest BCUT2D eigenvalue weighted by molar-refractivity contribution is 0.122. The summed E-state index contributed by atoms with van der Waals surface area (Å²) >= 11 is 0. The maximum atomic E-state index is 5.89. The molecule has 0 aliphatic heterocycles. The Labute approximate surface area is 150 Å². The topological polar surface area (TPSA) is 29.3 Å². The van der Waals surface area contributed by atoms with E-state index in [4.69, 9.17) is 5.73 Å². The first kappa shape index (κ1) is 18.7. The van der Waals surface area contributed by atoms with Gasteiger partial charge >= 0.3 is 0 Å². The van der Waals surface area contributed by atoms with Crippen molar-refractivity contribution in [3.8, 4) is 0 Å². The summed E-state index contributed by atoms with van der Waals surface area (Å²) < 4.78 is 0. The Morgan fingerprint density at radius 1 is 0.500 bits per heavy atom. The van der Waals surface area contributed by atoms with Gasteiger partial charge in [-0.25, -0.2) is 0 Å². The summed E-state index contributed by atoms with van der Waals surface area (Å²) in [6, 6.07) is 0. The molecule has 0 saturated heterocycles. The van der Waals surface area contributed by atoms with Gasteiger partial charge in [-0.05, 0) is 81.6 Å². The van der Waals surface area contributed by atoms with E-state index in [9.17, 15) is 0 Å². The Balaban J connectivity index is 1.49. The van der Waals surface area contributed by atoms with Gasteiger partial charge in [-0.2, -0.15) is 0 Å². The van der Waals surface area contributed by atoms with Crippen LogP contribution in [0.25, 0.3) is 0 Å². The third-order valence-electron chi connectivity index (χ3n) is 7.30. The van der Waals surface area contributed by atoms with Gasteiger partial charge in [0, 0.05) is 19.6 Å². The van der Waals surface area contributed by atoms with Crippen LogP contribution in [-0.2, 0) is 0 Å². The normalized spacial score (nSPS) is 30.8. The number of rotatable bonds is 7. The Bertz CT molecular complexity index is 303. The monoisotopic (exact) mass is 334 g/mol. The number of nitrogens with zero attached hydrogens (tertiary/aromatic N) is 1. The molecule has 0 spiro atoms. The van der Waals surface area contributed by atoms with Crippen LogP contribution in [0.3, 0.4) is 0 Å². The number of hydrogen-bond acceptors (Lipinski definition) is 2. The summed E-state index contributed by atoms with van der Waals surface area (Å²) in [5.41, 5.74) is 5.89. The second-order valence-electron chi connectivity index (χ2n) is 9.35. The van der Waals surface area contributed by atoms with E-state index in [0.29, 0.717) is 0 Å². The highest BCUT2D eigenvalue weighted by atomic mass is 15.1.